The summed E-state index contributed by atoms with van der Waals surface area (Å²) in [6.45, 7) is 14.4. The topological polar surface area (TPSA) is 38.7 Å². The van der Waals surface area contributed by atoms with Crippen LogP contribution in [0.3, 0.4) is 0 Å². The number of phenolic OH excluding ortho intramolecular Hbond substituents is 1. The molecule has 1 heterocycles. The molecule has 0 bridgehead atoms. The monoisotopic (exact) mass is 276 g/mol. The van der Waals surface area contributed by atoms with Gasteiger partial charge >= 0.3 is 7.12 Å². The van der Waals surface area contributed by atoms with E-state index in [4.69, 9.17) is 9.31 Å². The van der Waals surface area contributed by atoms with Crippen LogP contribution in [0.5, 0.6) is 5.75 Å². The average molecular weight is 276 g/mol. The molecule has 1 aromatic carbocycles. The Balaban J connectivity index is 2.50. The fourth-order valence-electron chi connectivity index (χ4n) is 2.42. The summed E-state index contributed by atoms with van der Waals surface area (Å²) >= 11 is 0. The van der Waals surface area contributed by atoms with Crippen LogP contribution in [-0.2, 0) is 14.7 Å². The third-order valence-electron chi connectivity index (χ3n) is 4.38. The Bertz CT molecular complexity index is 499. The largest absolute Gasteiger partial charge is 0.508 e. The number of phenols is 1. The standard InChI is InChI=1S/C16H25BO3/c1-14(2,3)11-9-8-10-12(18)13(11)17-19-15(4,5)16(6,7)20-17/h8-10,18H,1-7H3. The van der Waals surface area contributed by atoms with Crippen LogP contribution < -0.4 is 5.46 Å². The molecule has 1 saturated heterocycles. The van der Waals surface area contributed by atoms with Gasteiger partial charge in [0, 0.05) is 5.46 Å². The Hall–Kier alpha value is -0.995. The van der Waals surface area contributed by atoms with Gasteiger partial charge in [-0.1, -0.05) is 32.9 Å². The normalized spacial score (nSPS) is 21.2. The maximum Gasteiger partial charge on any atom is 0.498 e. The minimum atomic E-state index is -0.532. The lowest BCUT2D eigenvalue weighted by molar-refractivity contribution is 0.00578. The second-order valence-corrected chi connectivity index (χ2v) is 7.58. The van der Waals surface area contributed by atoms with E-state index >= 15 is 0 Å². The van der Waals surface area contributed by atoms with E-state index in [9.17, 15) is 5.11 Å². The Morgan fingerprint density at radius 1 is 1.00 bits per heavy atom. The molecular formula is C16H25BO3. The number of rotatable bonds is 1. The van der Waals surface area contributed by atoms with Crippen LogP contribution in [0.2, 0.25) is 0 Å². The molecule has 1 N–H and O–H groups in total. The van der Waals surface area contributed by atoms with Gasteiger partial charge in [0.05, 0.1) is 11.2 Å². The quantitative estimate of drug-likeness (QED) is 0.801. The molecule has 0 aliphatic carbocycles. The van der Waals surface area contributed by atoms with Crippen molar-refractivity contribution in [3.8, 4) is 5.75 Å². The Morgan fingerprint density at radius 3 is 1.95 bits per heavy atom. The first kappa shape index (κ1) is 15.4. The van der Waals surface area contributed by atoms with Crippen LogP contribution in [0.25, 0.3) is 0 Å². The number of aromatic hydroxyl groups is 1. The minimum absolute atomic E-state index is 0.0856. The van der Waals surface area contributed by atoms with E-state index < -0.39 is 18.3 Å². The summed E-state index contributed by atoms with van der Waals surface area (Å²) in [5.74, 6) is 0.232. The Kier molecular flexibility index (Phi) is 3.47. The van der Waals surface area contributed by atoms with Crippen molar-refractivity contribution in [2.75, 3.05) is 0 Å². The SMILES string of the molecule is CC(C)(C)c1cccc(O)c1B1OC(C)(C)C(C)(C)O1. The molecule has 1 aromatic rings. The predicted octanol–water partition coefficient (Wildman–Crippen LogP) is 2.99. The maximum absolute atomic E-state index is 10.3. The number of hydrogen-bond donors (Lipinski definition) is 1. The summed E-state index contributed by atoms with van der Waals surface area (Å²) in [7, 11) is -0.532. The molecule has 0 saturated carbocycles. The third-order valence-corrected chi connectivity index (χ3v) is 4.38. The van der Waals surface area contributed by atoms with Gasteiger partial charge in [-0.25, -0.2) is 0 Å². The second kappa shape index (κ2) is 4.50. The van der Waals surface area contributed by atoms with Crippen LogP contribution in [-0.4, -0.2) is 23.4 Å². The van der Waals surface area contributed by atoms with E-state index in [0.29, 0.717) is 0 Å². The van der Waals surface area contributed by atoms with Crippen molar-refractivity contribution in [3.63, 3.8) is 0 Å². The van der Waals surface area contributed by atoms with E-state index in [-0.39, 0.29) is 11.2 Å². The van der Waals surface area contributed by atoms with E-state index in [1.54, 1.807) is 6.07 Å². The molecule has 0 amide bonds. The molecule has 0 spiro atoms. The highest BCUT2D eigenvalue weighted by Crippen LogP contribution is 2.38. The highest BCUT2D eigenvalue weighted by molar-refractivity contribution is 6.63. The molecule has 4 heteroatoms. The fourth-order valence-corrected chi connectivity index (χ4v) is 2.42. The van der Waals surface area contributed by atoms with Crippen LogP contribution in [0.4, 0.5) is 0 Å². The second-order valence-electron chi connectivity index (χ2n) is 7.58. The van der Waals surface area contributed by atoms with Crippen molar-refractivity contribution in [2.24, 2.45) is 0 Å². The van der Waals surface area contributed by atoms with Crippen LogP contribution in [0.15, 0.2) is 18.2 Å². The highest BCUT2D eigenvalue weighted by atomic mass is 16.7. The Labute approximate surface area is 122 Å². The Morgan fingerprint density at radius 2 is 1.50 bits per heavy atom. The smallest absolute Gasteiger partial charge is 0.498 e. The summed E-state index contributed by atoms with van der Waals surface area (Å²) < 4.78 is 12.2. The zero-order chi connectivity index (χ0) is 15.3. The molecule has 2 rings (SSSR count). The van der Waals surface area contributed by atoms with Gasteiger partial charge in [-0.3, -0.25) is 0 Å². The van der Waals surface area contributed by atoms with Crippen LogP contribution in [0, 0.1) is 0 Å². The van der Waals surface area contributed by atoms with Gasteiger partial charge < -0.3 is 14.4 Å². The minimum Gasteiger partial charge on any atom is -0.508 e. The van der Waals surface area contributed by atoms with Crippen molar-refractivity contribution in [1.29, 1.82) is 0 Å². The van der Waals surface area contributed by atoms with Gasteiger partial charge in [-0.2, -0.15) is 0 Å². The fraction of sp³-hybridized carbons (Fsp3) is 0.625. The zero-order valence-corrected chi connectivity index (χ0v) is 13.6. The zero-order valence-electron chi connectivity index (χ0n) is 13.6. The molecule has 0 atom stereocenters. The number of benzene rings is 1. The van der Waals surface area contributed by atoms with Crippen LogP contribution in [0.1, 0.15) is 54.0 Å². The lowest BCUT2D eigenvalue weighted by atomic mass is 9.69. The van der Waals surface area contributed by atoms with E-state index in [0.717, 1.165) is 11.0 Å². The molecule has 0 radical (unpaired) electrons. The summed E-state index contributed by atoms with van der Waals surface area (Å²) in [6, 6.07) is 5.58. The van der Waals surface area contributed by atoms with Gasteiger partial charge in [0.15, 0.2) is 0 Å². The molecule has 3 nitrogen and oxygen atoms in total. The predicted molar refractivity (Wildman–Crippen MR) is 82.5 cm³/mol. The molecule has 20 heavy (non-hydrogen) atoms. The summed E-state index contributed by atoms with van der Waals surface area (Å²) in [5.41, 5.74) is 0.900. The molecule has 0 aromatic heterocycles. The lowest BCUT2D eigenvalue weighted by Gasteiger charge is -2.32. The summed E-state index contributed by atoms with van der Waals surface area (Å²) in [4.78, 5) is 0. The van der Waals surface area contributed by atoms with Crippen molar-refractivity contribution < 1.29 is 14.4 Å². The van der Waals surface area contributed by atoms with Gasteiger partial charge in [0.25, 0.3) is 0 Å². The first-order chi connectivity index (χ1) is 8.96. The summed E-state index contributed by atoms with van der Waals surface area (Å²) in [5, 5.41) is 10.3. The van der Waals surface area contributed by atoms with Crippen LogP contribution >= 0.6 is 0 Å². The first-order valence-corrected chi connectivity index (χ1v) is 7.14. The molecule has 1 aliphatic rings. The molecule has 1 aliphatic heterocycles. The van der Waals surface area contributed by atoms with E-state index in [1.165, 1.54) is 0 Å². The average Bonchev–Trinajstić information content (AvgIpc) is 2.46. The first-order valence-electron chi connectivity index (χ1n) is 7.14. The van der Waals surface area contributed by atoms with Gasteiger partial charge in [-0.15, -0.1) is 0 Å². The van der Waals surface area contributed by atoms with Crippen molar-refractivity contribution in [3.05, 3.63) is 23.8 Å². The molecule has 110 valence electrons. The molecule has 1 fully saturated rings. The molecule has 0 unspecified atom stereocenters. The third kappa shape index (κ3) is 2.47. The van der Waals surface area contributed by atoms with E-state index in [1.807, 2.05) is 39.8 Å². The van der Waals surface area contributed by atoms with Gasteiger partial charge in [-0.05, 0) is 44.7 Å². The van der Waals surface area contributed by atoms with Crippen molar-refractivity contribution >= 4 is 12.6 Å². The van der Waals surface area contributed by atoms with Gasteiger partial charge in [0.1, 0.15) is 5.75 Å². The maximum atomic E-state index is 10.3. The van der Waals surface area contributed by atoms with Crippen molar-refractivity contribution in [2.45, 2.75) is 65.1 Å². The highest BCUT2D eigenvalue weighted by Gasteiger charge is 2.53. The van der Waals surface area contributed by atoms with Crippen molar-refractivity contribution in [1.82, 2.24) is 0 Å². The van der Waals surface area contributed by atoms with E-state index in [2.05, 4.69) is 20.8 Å². The van der Waals surface area contributed by atoms with Gasteiger partial charge in [0.2, 0.25) is 0 Å². The molecular weight excluding hydrogens is 251 g/mol. The number of hydrogen-bond acceptors (Lipinski definition) is 3. The summed E-state index contributed by atoms with van der Waals surface area (Å²) in [6.07, 6.45) is 0. The lowest BCUT2D eigenvalue weighted by Crippen LogP contribution is -2.41.